The summed E-state index contributed by atoms with van der Waals surface area (Å²) < 4.78 is 27.1. The van der Waals surface area contributed by atoms with Crippen LogP contribution in [0.5, 0.6) is 0 Å². The van der Waals surface area contributed by atoms with Crippen LogP contribution in [-0.2, 0) is 10.0 Å². The number of rotatable bonds is 5. The Hall–Kier alpha value is -2.16. The molecule has 28 heavy (non-hydrogen) atoms. The molecule has 2 saturated heterocycles. The standard InChI is InChI=1S/C20H27N5O2S/c1-23-11-13-25(14-12-23)28(26,27)19-7-8-20(21-15-19)22-17-9-10-24(16-17)18-5-3-2-4-6-18/h2-8,15,17H,9-14,16H2,1H3,(H,21,22). The highest BCUT2D eigenvalue weighted by Gasteiger charge is 2.28. The first-order valence-corrected chi connectivity index (χ1v) is 11.2. The van der Waals surface area contributed by atoms with Gasteiger partial charge in [-0.2, -0.15) is 4.31 Å². The molecule has 2 aromatic rings. The lowest BCUT2D eigenvalue weighted by Gasteiger charge is -2.31. The number of pyridine rings is 1. The van der Waals surface area contributed by atoms with Gasteiger partial charge >= 0.3 is 0 Å². The maximum absolute atomic E-state index is 12.8. The molecule has 1 aromatic carbocycles. The van der Waals surface area contributed by atoms with Gasteiger partial charge in [-0.25, -0.2) is 13.4 Å². The van der Waals surface area contributed by atoms with Crippen LogP contribution in [0.15, 0.2) is 53.6 Å². The van der Waals surface area contributed by atoms with Gasteiger partial charge in [0.1, 0.15) is 10.7 Å². The lowest BCUT2D eigenvalue weighted by atomic mass is 10.2. The molecular formula is C20H27N5O2S. The number of anilines is 2. The number of nitrogens with one attached hydrogen (secondary N) is 1. The zero-order valence-corrected chi connectivity index (χ0v) is 17.0. The molecule has 8 heteroatoms. The van der Waals surface area contributed by atoms with Crippen molar-refractivity contribution in [2.24, 2.45) is 0 Å². The highest BCUT2D eigenvalue weighted by atomic mass is 32.2. The number of hydrogen-bond donors (Lipinski definition) is 1. The molecule has 2 aliphatic rings. The van der Waals surface area contributed by atoms with E-state index < -0.39 is 10.0 Å². The second-order valence-electron chi connectivity index (χ2n) is 7.50. The minimum atomic E-state index is -3.47. The Morgan fingerprint density at radius 3 is 2.43 bits per heavy atom. The van der Waals surface area contributed by atoms with Gasteiger partial charge in [-0.1, -0.05) is 18.2 Å². The fourth-order valence-corrected chi connectivity index (χ4v) is 5.12. The van der Waals surface area contributed by atoms with Crippen molar-refractivity contribution < 1.29 is 8.42 Å². The van der Waals surface area contributed by atoms with Crippen LogP contribution < -0.4 is 10.2 Å². The first-order valence-electron chi connectivity index (χ1n) is 9.74. The van der Waals surface area contributed by atoms with Crippen molar-refractivity contribution in [1.29, 1.82) is 0 Å². The Balaban J connectivity index is 1.37. The van der Waals surface area contributed by atoms with E-state index in [1.54, 1.807) is 16.4 Å². The number of aromatic nitrogens is 1. The van der Waals surface area contributed by atoms with Crippen LogP contribution in [0, 0.1) is 0 Å². The summed E-state index contributed by atoms with van der Waals surface area (Å²) in [5.74, 6) is 0.720. The average Bonchev–Trinajstić information content (AvgIpc) is 3.18. The van der Waals surface area contributed by atoms with Crippen molar-refractivity contribution >= 4 is 21.5 Å². The molecule has 1 atom stereocenters. The van der Waals surface area contributed by atoms with E-state index in [1.807, 2.05) is 13.1 Å². The van der Waals surface area contributed by atoms with Crippen LogP contribution in [0.4, 0.5) is 11.5 Å². The fourth-order valence-electron chi connectivity index (χ4n) is 3.76. The third-order valence-electron chi connectivity index (χ3n) is 5.50. The third kappa shape index (κ3) is 4.14. The zero-order valence-electron chi connectivity index (χ0n) is 16.2. The summed E-state index contributed by atoms with van der Waals surface area (Å²) in [4.78, 5) is 9.12. The van der Waals surface area contributed by atoms with E-state index in [0.29, 0.717) is 19.1 Å². The first-order chi connectivity index (χ1) is 13.5. The fraction of sp³-hybridized carbons (Fsp3) is 0.450. The Bertz CT molecular complexity index is 881. The summed E-state index contributed by atoms with van der Waals surface area (Å²) in [6.45, 7) is 4.47. The van der Waals surface area contributed by atoms with E-state index in [9.17, 15) is 8.42 Å². The summed E-state index contributed by atoms with van der Waals surface area (Å²) in [6, 6.07) is 14.1. The van der Waals surface area contributed by atoms with Gasteiger partial charge in [0.2, 0.25) is 10.0 Å². The molecule has 2 aliphatic heterocycles. The Morgan fingerprint density at radius 2 is 1.75 bits per heavy atom. The van der Waals surface area contributed by atoms with Crippen LogP contribution >= 0.6 is 0 Å². The minimum Gasteiger partial charge on any atom is -0.369 e. The smallest absolute Gasteiger partial charge is 0.244 e. The van der Waals surface area contributed by atoms with Crippen LogP contribution in [0.25, 0.3) is 0 Å². The van der Waals surface area contributed by atoms with E-state index in [-0.39, 0.29) is 4.90 Å². The van der Waals surface area contributed by atoms with Gasteiger partial charge in [0.05, 0.1) is 0 Å². The number of benzene rings is 1. The Kier molecular flexibility index (Phi) is 5.52. The zero-order chi connectivity index (χ0) is 19.6. The maximum atomic E-state index is 12.8. The number of sulfonamides is 1. The Morgan fingerprint density at radius 1 is 1.00 bits per heavy atom. The van der Waals surface area contributed by atoms with Crippen molar-refractivity contribution in [1.82, 2.24) is 14.2 Å². The lowest BCUT2D eigenvalue weighted by molar-refractivity contribution is 0.222. The second kappa shape index (κ2) is 8.06. The van der Waals surface area contributed by atoms with Crippen molar-refractivity contribution in [3.8, 4) is 0 Å². The number of nitrogens with zero attached hydrogens (tertiary/aromatic N) is 4. The van der Waals surface area contributed by atoms with Crippen LogP contribution in [-0.4, -0.2) is 75.0 Å². The topological polar surface area (TPSA) is 68.8 Å². The van der Waals surface area contributed by atoms with E-state index in [4.69, 9.17) is 0 Å². The molecule has 3 heterocycles. The maximum Gasteiger partial charge on any atom is 0.244 e. The summed E-state index contributed by atoms with van der Waals surface area (Å²) in [6.07, 6.45) is 2.50. The Labute approximate surface area is 167 Å². The number of hydrogen-bond acceptors (Lipinski definition) is 6. The van der Waals surface area contributed by atoms with Crippen molar-refractivity contribution in [3.05, 3.63) is 48.7 Å². The lowest BCUT2D eigenvalue weighted by Crippen LogP contribution is -2.47. The van der Waals surface area contributed by atoms with Crippen LogP contribution in [0.2, 0.25) is 0 Å². The summed E-state index contributed by atoms with van der Waals surface area (Å²) in [5, 5.41) is 3.44. The van der Waals surface area contributed by atoms with E-state index in [0.717, 1.165) is 38.4 Å². The molecule has 1 aromatic heterocycles. The molecule has 0 bridgehead atoms. The van der Waals surface area contributed by atoms with E-state index in [2.05, 4.69) is 44.4 Å². The summed E-state index contributed by atoms with van der Waals surface area (Å²) in [7, 11) is -1.46. The predicted molar refractivity (Wildman–Crippen MR) is 111 cm³/mol. The molecule has 0 radical (unpaired) electrons. The molecule has 0 saturated carbocycles. The van der Waals surface area contributed by atoms with Gasteiger partial charge < -0.3 is 15.1 Å². The minimum absolute atomic E-state index is 0.264. The summed E-state index contributed by atoms with van der Waals surface area (Å²) in [5.41, 5.74) is 1.23. The molecule has 150 valence electrons. The molecule has 1 N–H and O–H groups in total. The second-order valence-corrected chi connectivity index (χ2v) is 9.44. The predicted octanol–water partition coefficient (Wildman–Crippen LogP) is 1.71. The van der Waals surface area contributed by atoms with Gasteiger partial charge in [-0.15, -0.1) is 0 Å². The molecule has 0 spiro atoms. The molecule has 1 unspecified atom stereocenters. The molecule has 0 aliphatic carbocycles. The van der Waals surface area contributed by atoms with Crippen LogP contribution in [0.3, 0.4) is 0 Å². The number of para-hydroxylation sites is 1. The highest BCUT2D eigenvalue weighted by Crippen LogP contribution is 2.23. The third-order valence-corrected chi connectivity index (χ3v) is 7.38. The van der Waals surface area contributed by atoms with Gasteiger partial charge in [-0.3, -0.25) is 0 Å². The first kappa shape index (κ1) is 19.2. The van der Waals surface area contributed by atoms with Crippen molar-refractivity contribution in [3.63, 3.8) is 0 Å². The van der Waals surface area contributed by atoms with Gasteiger partial charge in [0, 0.05) is 57.2 Å². The SMILES string of the molecule is CN1CCN(S(=O)(=O)c2ccc(NC3CCN(c4ccccc4)C3)nc2)CC1. The molecule has 7 nitrogen and oxygen atoms in total. The van der Waals surface area contributed by atoms with E-state index >= 15 is 0 Å². The molecule has 0 amide bonds. The van der Waals surface area contributed by atoms with Gasteiger partial charge in [0.15, 0.2) is 0 Å². The van der Waals surface area contributed by atoms with Crippen LogP contribution in [0.1, 0.15) is 6.42 Å². The molecule has 2 fully saturated rings. The average molecular weight is 402 g/mol. The van der Waals surface area contributed by atoms with Gasteiger partial charge in [0.25, 0.3) is 0 Å². The highest BCUT2D eigenvalue weighted by molar-refractivity contribution is 7.89. The normalized spacial score (nSPS) is 21.8. The van der Waals surface area contributed by atoms with E-state index in [1.165, 1.54) is 11.9 Å². The number of likely N-dealkylation sites (N-methyl/N-ethyl adjacent to an activating group) is 1. The van der Waals surface area contributed by atoms with Crippen molar-refractivity contribution in [2.75, 3.05) is 56.5 Å². The largest absolute Gasteiger partial charge is 0.369 e. The summed E-state index contributed by atoms with van der Waals surface area (Å²) >= 11 is 0. The molecule has 4 rings (SSSR count). The quantitative estimate of drug-likeness (QED) is 0.823. The monoisotopic (exact) mass is 401 g/mol. The molecular weight excluding hydrogens is 374 g/mol. The van der Waals surface area contributed by atoms with Crippen molar-refractivity contribution in [2.45, 2.75) is 17.4 Å². The number of piperazine rings is 1. The van der Waals surface area contributed by atoms with Gasteiger partial charge in [-0.05, 0) is 37.7 Å².